The number of anilines is 1. The lowest BCUT2D eigenvalue weighted by Gasteiger charge is -2.09. The molecule has 6 heteroatoms. The predicted molar refractivity (Wildman–Crippen MR) is 119 cm³/mol. The van der Waals surface area contributed by atoms with Crippen molar-refractivity contribution < 1.29 is 4.79 Å². The van der Waals surface area contributed by atoms with Gasteiger partial charge < -0.3 is 5.32 Å². The van der Waals surface area contributed by atoms with Crippen molar-refractivity contribution in [3.05, 3.63) is 107 Å². The van der Waals surface area contributed by atoms with Gasteiger partial charge in [0.05, 0.1) is 0 Å². The van der Waals surface area contributed by atoms with E-state index in [1.54, 1.807) is 12.3 Å². The van der Waals surface area contributed by atoms with Crippen molar-refractivity contribution in [3.63, 3.8) is 0 Å². The average Bonchev–Trinajstić information content (AvgIpc) is 3.23. The van der Waals surface area contributed by atoms with Crippen molar-refractivity contribution in [2.45, 2.75) is 6.42 Å². The Morgan fingerprint density at radius 2 is 1.77 bits per heavy atom. The zero-order chi connectivity index (χ0) is 20.5. The van der Waals surface area contributed by atoms with Gasteiger partial charge in [-0.1, -0.05) is 54.1 Å². The molecule has 1 amide bonds. The van der Waals surface area contributed by atoms with E-state index in [1.807, 2.05) is 77.3 Å². The van der Waals surface area contributed by atoms with Crippen molar-refractivity contribution >= 4 is 39.6 Å². The summed E-state index contributed by atoms with van der Waals surface area (Å²) in [4.78, 5) is 21.3. The molecule has 2 heterocycles. The molecule has 0 aliphatic carbocycles. The van der Waals surface area contributed by atoms with Crippen LogP contribution in [0.15, 0.2) is 85.2 Å². The fraction of sp³-hybridized carbons (Fsp3) is 0.0417. The average molecular weight is 413 g/mol. The second-order valence-corrected chi connectivity index (χ2v) is 7.43. The molecule has 5 nitrogen and oxygen atoms in total. The molecule has 0 bridgehead atoms. The van der Waals surface area contributed by atoms with Gasteiger partial charge in [0.1, 0.15) is 16.6 Å². The number of hydrogen-bond donors (Lipinski definition) is 1. The van der Waals surface area contributed by atoms with E-state index in [0.29, 0.717) is 17.1 Å². The fourth-order valence-corrected chi connectivity index (χ4v) is 3.70. The lowest BCUT2D eigenvalue weighted by atomic mass is 10.1. The van der Waals surface area contributed by atoms with E-state index < -0.39 is 0 Å². The predicted octanol–water partition coefficient (Wildman–Crippen LogP) is 5.38. The Morgan fingerprint density at radius 1 is 0.967 bits per heavy atom. The van der Waals surface area contributed by atoms with Crippen molar-refractivity contribution in [2.75, 3.05) is 5.32 Å². The Balaban J connectivity index is 1.33. The number of halogens is 1. The summed E-state index contributed by atoms with van der Waals surface area (Å²) in [6, 6.07) is 23.2. The number of amides is 1. The maximum atomic E-state index is 12.6. The Hall–Kier alpha value is -3.70. The monoisotopic (exact) mass is 412 g/mol. The summed E-state index contributed by atoms with van der Waals surface area (Å²) in [5.74, 6) is 0.674. The summed E-state index contributed by atoms with van der Waals surface area (Å²) >= 11 is 6.11. The van der Waals surface area contributed by atoms with E-state index in [4.69, 9.17) is 11.6 Å². The van der Waals surface area contributed by atoms with E-state index in [9.17, 15) is 4.79 Å². The Kier molecular flexibility index (Phi) is 4.65. The zero-order valence-electron chi connectivity index (χ0n) is 15.9. The van der Waals surface area contributed by atoms with Gasteiger partial charge in [0.2, 0.25) is 0 Å². The van der Waals surface area contributed by atoms with Gasteiger partial charge in [-0.15, -0.1) is 0 Å². The van der Waals surface area contributed by atoms with Gasteiger partial charge in [-0.2, -0.15) is 0 Å². The number of imidazole rings is 1. The van der Waals surface area contributed by atoms with E-state index in [1.165, 1.54) is 0 Å². The van der Waals surface area contributed by atoms with Crippen LogP contribution in [-0.4, -0.2) is 20.3 Å². The molecular weight excluding hydrogens is 396 g/mol. The van der Waals surface area contributed by atoms with Gasteiger partial charge in [0.25, 0.3) is 5.91 Å². The third-order valence-electron chi connectivity index (χ3n) is 5.02. The Bertz CT molecular complexity index is 1380. The molecule has 0 aliphatic rings. The molecule has 146 valence electrons. The first-order chi connectivity index (χ1) is 14.7. The lowest BCUT2D eigenvalue weighted by molar-refractivity contribution is 0.102. The first-order valence-corrected chi connectivity index (χ1v) is 9.91. The molecule has 5 aromatic rings. The molecule has 2 aromatic heterocycles. The molecule has 5 rings (SSSR count). The van der Waals surface area contributed by atoms with Crippen LogP contribution in [0, 0.1) is 0 Å². The second kappa shape index (κ2) is 7.61. The van der Waals surface area contributed by atoms with Gasteiger partial charge in [-0.05, 0) is 40.6 Å². The summed E-state index contributed by atoms with van der Waals surface area (Å²) in [7, 11) is 0. The standard InChI is InChI=1S/C24H17ClN4O/c25-21-15-22-26-11-12-29(22)23(28-21)13-16-5-9-20(10-6-16)27-24(30)19-8-7-17-3-1-2-4-18(17)14-19/h1-12,14-15H,13H2,(H,27,30). The number of rotatable bonds is 4. The van der Waals surface area contributed by atoms with Crippen LogP contribution in [-0.2, 0) is 6.42 Å². The van der Waals surface area contributed by atoms with E-state index in [-0.39, 0.29) is 5.91 Å². The maximum Gasteiger partial charge on any atom is 0.255 e. The van der Waals surface area contributed by atoms with Crippen molar-refractivity contribution in [2.24, 2.45) is 0 Å². The molecule has 0 unspecified atom stereocenters. The highest BCUT2D eigenvalue weighted by Gasteiger charge is 2.09. The SMILES string of the molecule is O=C(Nc1ccc(Cc2nc(Cl)cc3nccn23)cc1)c1ccc2ccccc2c1. The molecule has 0 saturated carbocycles. The third-order valence-corrected chi connectivity index (χ3v) is 5.21. The quantitative estimate of drug-likeness (QED) is 0.403. The van der Waals surface area contributed by atoms with Crippen LogP contribution in [0.1, 0.15) is 21.7 Å². The van der Waals surface area contributed by atoms with Gasteiger partial charge >= 0.3 is 0 Å². The fourth-order valence-electron chi connectivity index (χ4n) is 3.50. The number of carbonyl (C=O) groups is 1. The number of nitrogens with one attached hydrogen (secondary N) is 1. The molecule has 0 aliphatic heterocycles. The van der Waals surface area contributed by atoms with Crippen LogP contribution < -0.4 is 5.32 Å². The minimum atomic E-state index is -0.134. The van der Waals surface area contributed by atoms with Gasteiger partial charge in [-0.25, -0.2) is 9.97 Å². The minimum absolute atomic E-state index is 0.134. The number of hydrogen-bond acceptors (Lipinski definition) is 3. The number of fused-ring (bicyclic) bond motifs is 2. The molecular formula is C24H17ClN4O. The van der Waals surface area contributed by atoms with Gasteiger partial charge in [-0.3, -0.25) is 9.20 Å². The first-order valence-electron chi connectivity index (χ1n) is 9.53. The molecule has 0 saturated heterocycles. The number of aromatic nitrogens is 3. The summed E-state index contributed by atoms with van der Waals surface area (Å²) in [6.45, 7) is 0. The zero-order valence-corrected chi connectivity index (χ0v) is 16.7. The highest BCUT2D eigenvalue weighted by atomic mass is 35.5. The smallest absolute Gasteiger partial charge is 0.255 e. The van der Waals surface area contributed by atoms with Crippen LogP contribution in [0.4, 0.5) is 5.69 Å². The van der Waals surface area contributed by atoms with Gasteiger partial charge in [0, 0.05) is 36.1 Å². The molecule has 0 atom stereocenters. The van der Waals surface area contributed by atoms with E-state index >= 15 is 0 Å². The molecule has 3 aromatic carbocycles. The van der Waals surface area contributed by atoms with Crippen molar-refractivity contribution in [1.82, 2.24) is 14.4 Å². The highest BCUT2D eigenvalue weighted by Crippen LogP contribution is 2.19. The molecule has 0 spiro atoms. The molecule has 1 N–H and O–H groups in total. The molecule has 30 heavy (non-hydrogen) atoms. The lowest BCUT2D eigenvalue weighted by Crippen LogP contribution is -2.11. The van der Waals surface area contributed by atoms with Crippen LogP contribution in [0.5, 0.6) is 0 Å². The minimum Gasteiger partial charge on any atom is -0.322 e. The molecule has 0 fully saturated rings. The summed E-state index contributed by atoms with van der Waals surface area (Å²) in [5.41, 5.74) is 3.19. The Labute approximate surface area is 178 Å². The van der Waals surface area contributed by atoms with Crippen molar-refractivity contribution in [3.8, 4) is 0 Å². The maximum absolute atomic E-state index is 12.6. The van der Waals surface area contributed by atoms with E-state index in [0.717, 1.165) is 33.5 Å². The number of carbonyl (C=O) groups excluding carboxylic acids is 1. The Morgan fingerprint density at radius 3 is 2.60 bits per heavy atom. The number of nitrogens with zero attached hydrogens (tertiary/aromatic N) is 3. The van der Waals surface area contributed by atoms with Crippen LogP contribution in [0.3, 0.4) is 0 Å². The topological polar surface area (TPSA) is 59.3 Å². The summed E-state index contributed by atoms with van der Waals surface area (Å²) < 4.78 is 1.92. The first kappa shape index (κ1) is 18.3. The summed E-state index contributed by atoms with van der Waals surface area (Å²) in [6.07, 6.45) is 4.20. The largest absolute Gasteiger partial charge is 0.322 e. The van der Waals surface area contributed by atoms with Crippen LogP contribution in [0.25, 0.3) is 16.4 Å². The van der Waals surface area contributed by atoms with Gasteiger partial charge in [0.15, 0.2) is 0 Å². The van der Waals surface area contributed by atoms with E-state index in [2.05, 4.69) is 15.3 Å². The summed E-state index contributed by atoms with van der Waals surface area (Å²) in [5, 5.41) is 5.53. The van der Waals surface area contributed by atoms with Crippen molar-refractivity contribution in [1.29, 1.82) is 0 Å². The third kappa shape index (κ3) is 3.63. The second-order valence-electron chi connectivity index (χ2n) is 7.04. The highest BCUT2D eigenvalue weighted by molar-refractivity contribution is 6.29. The normalized spacial score (nSPS) is 11.1. The van der Waals surface area contributed by atoms with Crippen LogP contribution in [0.2, 0.25) is 5.15 Å². The van der Waals surface area contributed by atoms with Crippen LogP contribution >= 0.6 is 11.6 Å². The number of benzene rings is 3. The molecule has 0 radical (unpaired) electrons.